The first-order chi connectivity index (χ1) is 13.6. The van der Waals surface area contributed by atoms with Gasteiger partial charge in [-0.1, -0.05) is 36.4 Å². The van der Waals surface area contributed by atoms with Crippen molar-refractivity contribution in [1.82, 2.24) is 19.9 Å². The van der Waals surface area contributed by atoms with E-state index < -0.39 is 0 Å². The molecule has 1 amide bonds. The largest absolute Gasteiger partial charge is 0.340 e. The Balaban J connectivity index is 1.75. The number of rotatable bonds is 4. The third kappa shape index (κ3) is 3.20. The van der Waals surface area contributed by atoms with E-state index in [4.69, 9.17) is 0 Å². The molecule has 1 aromatic carbocycles. The van der Waals surface area contributed by atoms with E-state index in [9.17, 15) is 9.59 Å². The van der Waals surface area contributed by atoms with Crippen LogP contribution < -0.4 is 10.9 Å². The minimum atomic E-state index is -0.345. The lowest BCUT2D eigenvalue weighted by Gasteiger charge is -2.19. The molecule has 140 valence electrons. The van der Waals surface area contributed by atoms with Gasteiger partial charge in [-0.3, -0.25) is 14.6 Å². The van der Waals surface area contributed by atoms with Gasteiger partial charge in [-0.25, -0.2) is 4.98 Å². The standard InChI is InChI=1S/C21H18N4O2S/c1-13-16-20(23-12-25(2)21(16)27)28-18(13)19(26)24-17(14-7-4-3-5-8-14)15-9-6-10-22-11-15/h3-12,17H,1-2H3,(H,24,26)/t17-/m1/s1. The second-order valence-electron chi connectivity index (χ2n) is 6.50. The zero-order valence-corrected chi connectivity index (χ0v) is 16.2. The summed E-state index contributed by atoms with van der Waals surface area (Å²) in [6, 6.07) is 13.2. The normalized spacial score (nSPS) is 12.1. The van der Waals surface area contributed by atoms with Crippen molar-refractivity contribution >= 4 is 27.5 Å². The average Bonchev–Trinajstić information content (AvgIpc) is 3.07. The maximum absolute atomic E-state index is 13.1. The van der Waals surface area contributed by atoms with Gasteiger partial charge in [0.2, 0.25) is 0 Å². The molecule has 0 saturated carbocycles. The topological polar surface area (TPSA) is 76.9 Å². The van der Waals surface area contributed by atoms with Crippen LogP contribution in [-0.4, -0.2) is 20.4 Å². The van der Waals surface area contributed by atoms with Crippen LogP contribution in [0.3, 0.4) is 0 Å². The number of amides is 1. The summed E-state index contributed by atoms with van der Waals surface area (Å²) in [5.74, 6) is -0.236. The molecular formula is C21H18N4O2S. The zero-order valence-electron chi connectivity index (χ0n) is 15.4. The Morgan fingerprint density at radius 2 is 1.89 bits per heavy atom. The fourth-order valence-electron chi connectivity index (χ4n) is 3.17. The molecule has 4 aromatic rings. The lowest BCUT2D eigenvalue weighted by molar-refractivity contribution is 0.0946. The highest BCUT2D eigenvalue weighted by atomic mass is 32.1. The summed E-state index contributed by atoms with van der Waals surface area (Å²) < 4.78 is 1.42. The van der Waals surface area contributed by atoms with E-state index in [0.717, 1.165) is 11.1 Å². The van der Waals surface area contributed by atoms with Crippen LogP contribution in [0, 0.1) is 6.92 Å². The summed E-state index contributed by atoms with van der Waals surface area (Å²) in [6.45, 7) is 1.79. The number of aryl methyl sites for hydroxylation is 2. The predicted molar refractivity (Wildman–Crippen MR) is 110 cm³/mol. The van der Waals surface area contributed by atoms with Crippen molar-refractivity contribution in [2.45, 2.75) is 13.0 Å². The molecule has 0 aliphatic carbocycles. The molecule has 6 nitrogen and oxygen atoms in total. The number of hydrogen-bond acceptors (Lipinski definition) is 5. The van der Waals surface area contributed by atoms with E-state index >= 15 is 0 Å². The Hall–Kier alpha value is -3.32. The molecule has 0 fully saturated rings. The highest BCUT2D eigenvalue weighted by Gasteiger charge is 2.23. The van der Waals surface area contributed by atoms with Crippen molar-refractivity contribution in [2.75, 3.05) is 0 Å². The molecule has 0 radical (unpaired) electrons. The number of nitrogens with one attached hydrogen (secondary N) is 1. The van der Waals surface area contributed by atoms with Crippen molar-refractivity contribution in [3.63, 3.8) is 0 Å². The average molecular weight is 390 g/mol. The van der Waals surface area contributed by atoms with Gasteiger partial charge in [-0.05, 0) is 29.7 Å². The molecule has 7 heteroatoms. The van der Waals surface area contributed by atoms with Crippen LogP contribution in [0.4, 0.5) is 0 Å². The van der Waals surface area contributed by atoms with Crippen molar-refractivity contribution in [3.8, 4) is 0 Å². The van der Waals surface area contributed by atoms with Gasteiger partial charge in [0.05, 0.1) is 22.6 Å². The SMILES string of the molecule is Cc1c(C(=O)N[C@H](c2ccccc2)c2cccnc2)sc2ncn(C)c(=O)c12. The number of carbonyl (C=O) groups is 1. The maximum Gasteiger partial charge on any atom is 0.262 e. The molecular weight excluding hydrogens is 372 g/mol. The first-order valence-corrected chi connectivity index (χ1v) is 9.58. The molecule has 4 rings (SSSR count). The third-order valence-corrected chi connectivity index (χ3v) is 5.84. The van der Waals surface area contributed by atoms with Gasteiger partial charge in [-0.2, -0.15) is 0 Å². The first-order valence-electron chi connectivity index (χ1n) is 8.76. The molecule has 0 saturated heterocycles. The Bertz CT molecular complexity index is 1160. The lowest BCUT2D eigenvalue weighted by atomic mass is 10.00. The summed E-state index contributed by atoms with van der Waals surface area (Å²) in [6.07, 6.45) is 4.92. The van der Waals surface area contributed by atoms with Gasteiger partial charge in [0.25, 0.3) is 11.5 Å². The van der Waals surface area contributed by atoms with Gasteiger partial charge in [0.1, 0.15) is 4.83 Å². The minimum absolute atomic E-state index is 0.148. The van der Waals surface area contributed by atoms with Gasteiger partial charge in [0, 0.05) is 19.4 Å². The van der Waals surface area contributed by atoms with Crippen molar-refractivity contribution in [2.24, 2.45) is 7.05 Å². The third-order valence-electron chi connectivity index (χ3n) is 4.64. The van der Waals surface area contributed by atoms with Gasteiger partial charge in [-0.15, -0.1) is 11.3 Å². The van der Waals surface area contributed by atoms with Crippen LogP contribution in [0.15, 0.2) is 66.0 Å². The van der Waals surface area contributed by atoms with E-state index in [2.05, 4.69) is 15.3 Å². The summed E-state index contributed by atoms with van der Waals surface area (Å²) in [7, 11) is 1.65. The first kappa shape index (κ1) is 18.1. The smallest absolute Gasteiger partial charge is 0.262 e. The van der Waals surface area contributed by atoms with E-state index in [1.165, 1.54) is 22.2 Å². The number of fused-ring (bicyclic) bond motifs is 1. The second-order valence-corrected chi connectivity index (χ2v) is 7.50. The highest BCUT2D eigenvalue weighted by molar-refractivity contribution is 7.20. The number of pyridine rings is 1. The van der Waals surface area contributed by atoms with Crippen molar-refractivity contribution < 1.29 is 4.79 Å². The number of nitrogens with zero attached hydrogens (tertiary/aromatic N) is 3. The fraction of sp³-hybridized carbons (Fsp3) is 0.143. The zero-order chi connectivity index (χ0) is 19.7. The van der Waals surface area contributed by atoms with Crippen molar-refractivity contribution in [1.29, 1.82) is 0 Å². The lowest BCUT2D eigenvalue weighted by Crippen LogP contribution is -2.29. The van der Waals surface area contributed by atoms with Crippen LogP contribution in [0.25, 0.3) is 10.2 Å². The minimum Gasteiger partial charge on any atom is -0.340 e. The fourth-order valence-corrected chi connectivity index (χ4v) is 4.22. The van der Waals surface area contributed by atoms with E-state index in [0.29, 0.717) is 20.7 Å². The van der Waals surface area contributed by atoms with Crippen LogP contribution in [0.1, 0.15) is 32.4 Å². The number of aromatic nitrogens is 3. The Morgan fingerprint density at radius 1 is 1.14 bits per heavy atom. The second kappa shape index (κ2) is 7.36. The molecule has 28 heavy (non-hydrogen) atoms. The Morgan fingerprint density at radius 3 is 2.61 bits per heavy atom. The molecule has 3 aromatic heterocycles. The quantitative estimate of drug-likeness (QED) is 0.580. The van der Waals surface area contributed by atoms with E-state index in [-0.39, 0.29) is 17.5 Å². The van der Waals surface area contributed by atoms with Gasteiger partial charge >= 0.3 is 0 Å². The number of carbonyl (C=O) groups excluding carboxylic acids is 1. The van der Waals surface area contributed by atoms with Crippen LogP contribution in [0.2, 0.25) is 0 Å². The molecule has 0 unspecified atom stereocenters. The van der Waals surface area contributed by atoms with Crippen LogP contribution in [0.5, 0.6) is 0 Å². The van der Waals surface area contributed by atoms with Crippen LogP contribution in [-0.2, 0) is 7.05 Å². The number of hydrogen-bond donors (Lipinski definition) is 1. The number of benzene rings is 1. The molecule has 3 heterocycles. The molecule has 1 N–H and O–H groups in total. The molecule has 0 aliphatic heterocycles. The Labute approximate surface area is 165 Å². The molecule has 0 bridgehead atoms. The van der Waals surface area contributed by atoms with E-state index in [1.54, 1.807) is 26.4 Å². The van der Waals surface area contributed by atoms with Gasteiger partial charge in [0.15, 0.2) is 0 Å². The maximum atomic E-state index is 13.1. The predicted octanol–water partition coefficient (Wildman–Crippen LogP) is 3.22. The monoisotopic (exact) mass is 390 g/mol. The number of thiophene rings is 1. The van der Waals surface area contributed by atoms with Crippen LogP contribution >= 0.6 is 11.3 Å². The van der Waals surface area contributed by atoms with E-state index in [1.807, 2.05) is 42.5 Å². The van der Waals surface area contributed by atoms with Crippen molar-refractivity contribution in [3.05, 3.63) is 93.1 Å². The summed E-state index contributed by atoms with van der Waals surface area (Å²) in [5.41, 5.74) is 2.35. The van der Waals surface area contributed by atoms with Gasteiger partial charge < -0.3 is 9.88 Å². The molecule has 0 spiro atoms. The summed E-state index contributed by atoms with van der Waals surface area (Å²) in [5, 5.41) is 3.59. The molecule has 0 aliphatic rings. The summed E-state index contributed by atoms with van der Waals surface area (Å²) in [4.78, 5) is 35.1. The summed E-state index contributed by atoms with van der Waals surface area (Å²) >= 11 is 1.24. The molecule has 1 atom stereocenters. The highest BCUT2D eigenvalue weighted by Crippen LogP contribution is 2.28. The Kier molecular flexibility index (Phi) is 4.75.